The van der Waals surface area contributed by atoms with Gasteiger partial charge in [-0.05, 0) is 95.2 Å². The van der Waals surface area contributed by atoms with Gasteiger partial charge in [0.05, 0.1) is 17.3 Å². The molecule has 312 valence electrons. The number of carbonyl (C=O) groups is 5. The maximum atomic E-state index is 14.2. The number of carbonyl (C=O) groups excluding carboxylic acids is 5. The Bertz CT molecular complexity index is 2570. The molecule has 0 bridgehead atoms. The molecule has 0 aliphatic carbocycles. The molecule has 4 aliphatic rings. The van der Waals surface area contributed by atoms with Crippen molar-refractivity contribution in [1.82, 2.24) is 25.3 Å². The van der Waals surface area contributed by atoms with E-state index in [4.69, 9.17) is 4.74 Å². The summed E-state index contributed by atoms with van der Waals surface area (Å²) in [5.41, 5.74) is 6.31. The van der Waals surface area contributed by atoms with Crippen LogP contribution >= 0.6 is 11.3 Å². The van der Waals surface area contributed by atoms with Crippen LogP contribution in [0.15, 0.2) is 96.9 Å². The highest BCUT2D eigenvalue weighted by Crippen LogP contribution is 2.39. The third-order valence-electron chi connectivity index (χ3n) is 12.1. The fraction of sp³-hybridized carbons (Fsp3) is 0.298. The van der Waals surface area contributed by atoms with Gasteiger partial charge < -0.3 is 29.9 Å². The summed E-state index contributed by atoms with van der Waals surface area (Å²) in [5, 5.41) is 20.2. The zero-order chi connectivity index (χ0) is 42.2. The Morgan fingerprint density at radius 3 is 2.57 bits per heavy atom. The number of amides is 6. The second-order valence-corrected chi connectivity index (χ2v) is 17.0. The number of thiophene rings is 1. The van der Waals surface area contributed by atoms with Crippen molar-refractivity contribution < 1.29 is 33.8 Å². The summed E-state index contributed by atoms with van der Waals surface area (Å²) in [4.78, 5) is 71.5. The molecule has 5 aromatic rings. The molecule has 4 aliphatic heterocycles. The lowest BCUT2D eigenvalue weighted by Gasteiger charge is -2.48. The first-order chi connectivity index (χ1) is 29.6. The zero-order valence-electron chi connectivity index (χ0n) is 33.6. The quantitative estimate of drug-likeness (QED) is 0.0668. The maximum Gasteiger partial charge on any atom is 0.325 e. The topological polar surface area (TPSA) is 152 Å². The Morgan fingerprint density at radius 2 is 1.77 bits per heavy atom. The average molecular weight is 839 g/mol. The first-order valence-electron chi connectivity index (χ1n) is 20.7. The fourth-order valence-corrected chi connectivity index (χ4v) is 9.70. The average Bonchev–Trinajstić information content (AvgIpc) is 3.80. The Labute approximate surface area is 357 Å². The third-order valence-corrected chi connectivity index (χ3v) is 13.1. The highest BCUT2D eigenvalue weighted by Gasteiger charge is 2.42. The molecule has 1 unspecified atom stereocenters. The lowest BCUT2D eigenvalue weighted by atomic mass is 9.94. The summed E-state index contributed by atoms with van der Waals surface area (Å²) < 4.78 is 6.11. The number of urea groups is 1. The highest BCUT2D eigenvalue weighted by atomic mass is 32.1. The van der Waals surface area contributed by atoms with Gasteiger partial charge in [-0.25, -0.2) is 4.79 Å². The van der Waals surface area contributed by atoms with Crippen LogP contribution in [-0.2, 0) is 40.6 Å². The second kappa shape index (κ2) is 16.9. The molecule has 2 saturated heterocycles. The zero-order valence-corrected chi connectivity index (χ0v) is 34.4. The number of likely N-dealkylation sites (tertiary alicyclic amines) is 1. The molecule has 0 radical (unpaired) electrons. The fourth-order valence-electron chi connectivity index (χ4n) is 8.75. The minimum Gasteiger partial charge on any atom is -0.508 e. The van der Waals surface area contributed by atoms with Gasteiger partial charge in [0, 0.05) is 61.5 Å². The number of piperidine rings is 1. The number of nitrogens with zero attached hydrogens (tertiary/aromatic N) is 4. The van der Waals surface area contributed by atoms with Crippen molar-refractivity contribution in [3.8, 4) is 22.6 Å². The Hall–Kier alpha value is -6.51. The summed E-state index contributed by atoms with van der Waals surface area (Å²) in [5.74, 6) is -0.147. The number of ether oxygens (including phenoxy) is 1. The Kier molecular flexibility index (Phi) is 11.0. The van der Waals surface area contributed by atoms with Crippen LogP contribution in [0.4, 0.5) is 10.5 Å². The minimum absolute atomic E-state index is 0.0671. The second-order valence-electron chi connectivity index (χ2n) is 16.0. The predicted octanol–water partition coefficient (Wildman–Crippen LogP) is 6.32. The van der Waals surface area contributed by atoms with Crippen LogP contribution in [0.2, 0.25) is 0 Å². The Balaban J connectivity index is 0.793. The van der Waals surface area contributed by atoms with Crippen LogP contribution < -0.4 is 20.3 Å². The van der Waals surface area contributed by atoms with Crippen molar-refractivity contribution in [2.45, 2.75) is 64.0 Å². The van der Waals surface area contributed by atoms with E-state index < -0.39 is 11.9 Å². The summed E-state index contributed by atoms with van der Waals surface area (Å²) >= 11 is 1.47. The summed E-state index contributed by atoms with van der Waals surface area (Å²) in [6.45, 7) is 7.60. The van der Waals surface area contributed by atoms with E-state index in [0.717, 1.165) is 68.5 Å². The SMILES string of the molecule is C=CC(=O)N1CC(N2Cc3ccc(-c4cc(O)cc5ccccc45)cc3N(CCCCNCc3ccc(OCc4scc5c4CN(C4CCC(=O)NC4=O)C5=O)cc3)C2=O)C1. The molecule has 9 rings (SSSR count). The van der Waals surface area contributed by atoms with Gasteiger partial charge in [0.15, 0.2) is 0 Å². The van der Waals surface area contributed by atoms with Gasteiger partial charge in [0.2, 0.25) is 17.7 Å². The van der Waals surface area contributed by atoms with Gasteiger partial charge >= 0.3 is 6.03 Å². The number of aromatic hydroxyl groups is 1. The van der Waals surface area contributed by atoms with Crippen molar-refractivity contribution in [2.24, 2.45) is 0 Å². The smallest absolute Gasteiger partial charge is 0.325 e. The van der Waals surface area contributed by atoms with E-state index >= 15 is 0 Å². The number of nitrogens with one attached hydrogen (secondary N) is 2. The van der Waals surface area contributed by atoms with E-state index in [9.17, 15) is 29.1 Å². The predicted molar refractivity (Wildman–Crippen MR) is 232 cm³/mol. The van der Waals surface area contributed by atoms with E-state index in [1.165, 1.54) is 17.4 Å². The van der Waals surface area contributed by atoms with Crippen molar-refractivity contribution >= 4 is 57.5 Å². The standard InChI is InChI=1S/C47H46N6O7S/c1-2-44(56)50-24-33(25-50)52-23-32-12-11-31(37-21-34(54)19-30-7-3-4-8-36(30)37)20-41(32)51(47(52)59)18-6-5-17-48-22-29-9-13-35(14-10-29)60-27-42-38-26-53(46(58)39(38)28-61-42)40-15-16-43(55)49-45(40)57/h2-4,7-14,19-21,28,33,40,48,54H,1,5-6,15-18,22-27H2,(H,49,55,57). The van der Waals surface area contributed by atoms with Gasteiger partial charge in [0.25, 0.3) is 5.91 Å². The molecule has 13 nitrogen and oxygen atoms in total. The largest absolute Gasteiger partial charge is 0.508 e. The molecule has 6 amide bonds. The number of anilines is 1. The number of rotatable bonds is 14. The van der Waals surface area contributed by atoms with E-state index in [2.05, 4.69) is 35.4 Å². The number of phenols is 1. The summed E-state index contributed by atoms with van der Waals surface area (Å²) in [6.07, 6.45) is 3.47. The van der Waals surface area contributed by atoms with Crippen LogP contribution in [0, 0.1) is 0 Å². The number of fused-ring (bicyclic) bond motifs is 3. The highest BCUT2D eigenvalue weighted by molar-refractivity contribution is 7.10. The molecule has 61 heavy (non-hydrogen) atoms. The van der Waals surface area contributed by atoms with Crippen molar-refractivity contribution in [1.29, 1.82) is 0 Å². The van der Waals surface area contributed by atoms with Crippen molar-refractivity contribution in [3.63, 3.8) is 0 Å². The van der Waals surface area contributed by atoms with Gasteiger partial charge in [0.1, 0.15) is 24.1 Å². The van der Waals surface area contributed by atoms with Gasteiger partial charge in [-0.3, -0.25) is 29.4 Å². The van der Waals surface area contributed by atoms with Crippen molar-refractivity contribution in [3.05, 3.63) is 124 Å². The molecule has 5 heterocycles. The molecule has 0 spiro atoms. The molecular weight excluding hydrogens is 793 g/mol. The van der Waals surface area contributed by atoms with Crippen LogP contribution in [0.5, 0.6) is 11.5 Å². The van der Waals surface area contributed by atoms with Crippen LogP contribution in [0.25, 0.3) is 21.9 Å². The number of imide groups is 1. The minimum atomic E-state index is -0.644. The molecule has 0 saturated carbocycles. The van der Waals surface area contributed by atoms with Crippen LogP contribution in [-0.4, -0.2) is 87.7 Å². The van der Waals surface area contributed by atoms with Crippen LogP contribution in [0.1, 0.15) is 57.6 Å². The number of unbranched alkanes of at least 4 members (excludes halogenated alkanes) is 1. The molecule has 1 atom stereocenters. The van der Waals surface area contributed by atoms with E-state index in [-0.39, 0.29) is 42.0 Å². The van der Waals surface area contributed by atoms with Crippen molar-refractivity contribution in [2.75, 3.05) is 31.1 Å². The molecule has 3 N–H and O–H groups in total. The van der Waals surface area contributed by atoms with Crippen LogP contribution in [0.3, 0.4) is 0 Å². The lowest BCUT2D eigenvalue weighted by Crippen LogP contribution is -2.64. The normalized spacial score (nSPS) is 17.7. The number of benzene rings is 4. The first-order valence-corrected chi connectivity index (χ1v) is 21.5. The van der Waals surface area contributed by atoms with Gasteiger partial charge in [-0.2, -0.15) is 0 Å². The maximum absolute atomic E-state index is 14.2. The molecule has 4 aromatic carbocycles. The monoisotopic (exact) mass is 838 g/mol. The number of hydrogen-bond donors (Lipinski definition) is 3. The van der Waals surface area contributed by atoms with Gasteiger partial charge in [-0.1, -0.05) is 55.1 Å². The number of phenolic OH excluding ortho intramolecular Hbond substituents is 1. The molecule has 1 aromatic heterocycles. The third kappa shape index (κ3) is 7.96. The molecule has 2 fully saturated rings. The lowest BCUT2D eigenvalue weighted by molar-refractivity contribution is -0.137. The van der Waals surface area contributed by atoms with E-state index in [1.807, 2.05) is 63.7 Å². The van der Waals surface area contributed by atoms with E-state index in [1.54, 1.807) is 21.9 Å². The van der Waals surface area contributed by atoms with Gasteiger partial charge in [-0.15, -0.1) is 11.3 Å². The number of hydrogen-bond acceptors (Lipinski definition) is 9. The molecular formula is C47H46N6O7S. The Morgan fingerprint density at radius 1 is 0.951 bits per heavy atom. The van der Waals surface area contributed by atoms with E-state index in [0.29, 0.717) is 63.6 Å². The first kappa shape index (κ1) is 39.9. The molecule has 14 heteroatoms. The summed E-state index contributed by atoms with van der Waals surface area (Å²) in [6, 6.07) is 24.8. The summed E-state index contributed by atoms with van der Waals surface area (Å²) in [7, 11) is 0.